The molecular formula is C34H44. The van der Waals surface area contributed by atoms with Gasteiger partial charge in [0, 0.05) is 11.8 Å². The largest absolute Gasteiger partial charge is 0.0609 e. The van der Waals surface area contributed by atoms with E-state index in [4.69, 9.17) is 0 Å². The lowest BCUT2D eigenvalue weighted by Gasteiger charge is -2.23. The van der Waals surface area contributed by atoms with E-state index in [-0.39, 0.29) is 0 Å². The highest BCUT2D eigenvalue weighted by atomic mass is 14.3. The van der Waals surface area contributed by atoms with Gasteiger partial charge < -0.3 is 0 Å². The SMILES string of the molecule is CC1=Cc2c(cc(C(C)C)cc2C(C)C)[C]1CC[C]1C(C)=Cc2c1cc(C(C)C)cc2C(C)C. The Morgan fingerprint density at radius 1 is 0.500 bits per heavy atom. The minimum Gasteiger partial charge on any atom is -0.0609 e. The average molecular weight is 453 g/mol. The fourth-order valence-corrected chi connectivity index (χ4v) is 5.79. The molecule has 0 N–H and O–H groups in total. The van der Waals surface area contributed by atoms with Gasteiger partial charge in [-0.15, -0.1) is 0 Å². The summed E-state index contributed by atoms with van der Waals surface area (Å²) < 4.78 is 0. The molecule has 0 heteroatoms. The first-order valence-corrected chi connectivity index (χ1v) is 13.4. The van der Waals surface area contributed by atoms with Crippen LogP contribution in [-0.4, -0.2) is 0 Å². The Morgan fingerprint density at radius 3 is 1.15 bits per heavy atom. The molecule has 4 rings (SSSR count). The van der Waals surface area contributed by atoms with Gasteiger partial charge in [0.25, 0.3) is 0 Å². The Balaban J connectivity index is 1.67. The standard InChI is InChI=1S/C34H44/c1-19(2)25-15-29(21(5)6)31-13-23(9)27(33(31)17-25)11-12-28-24(10)14-32-30(22(7)8)16-26(20(3)4)18-34(28)32/h13-22H,11-12H2,1-10H3. The minimum absolute atomic E-state index is 0.543. The first-order valence-electron chi connectivity index (χ1n) is 13.4. The summed E-state index contributed by atoms with van der Waals surface area (Å²) in [4.78, 5) is 0. The van der Waals surface area contributed by atoms with Crippen molar-refractivity contribution >= 4 is 12.2 Å². The van der Waals surface area contributed by atoms with Crippen molar-refractivity contribution in [3.05, 3.63) is 91.8 Å². The molecule has 0 aliphatic heterocycles. The third-order valence-electron chi connectivity index (χ3n) is 7.99. The van der Waals surface area contributed by atoms with E-state index in [0.717, 1.165) is 12.8 Å². The summed E-state index contributed by atoms with van der Waals surface area (Å²) in [5.74, 6) is 5.29. The van der Waals surface area contributed by atoms with Gasteiger partial charge in [-0.05, 0) is 94.9 Å². The van der Waals surface area contributed by atoms with Crippen LogP contribution in [0.3, 0.4) is 0 Å². The lowest BCUT2D eigenvalue weighted by molar-refractivity contribution is 0.798. The van der Waals surface area contributed by atoms with Gasteiger partial charge in [-0.2, -0.15) is 0 Å². The third-order valence-corrected chi connectivity index (χ3v) is 7.99. The molecule has 180 valence electrons. The second kappa shape index (κ2) is 9.52. The van der Waals surface area contributed by atoms with Crippen LogP contribution in [0.2, 0.25) is 0 Å². The van der Waals surface area contributed by atoms with E-state index in [0.29, 0.717) is 23.7 Å². The smallest absolute Gasteiger partial charge is 0.0303 e. The molecule has 2 radical (unpaired) electrons. The predicted molar refractivity (Wildman–Crippen MR) is 150 cm³/mol. The molecule has 0 fully saturated rings. The van der Waals surface area contributed by atoms with E-state index in [1.165, 1.54) is 55.7 Å². The zero-order chi connectivity index (χ0) is 24.9. The molecule has 0 heterocycles. The van der Waals surface area contributed by atoms with Crippen molar-refractivity contribution in [2.24, 2.45) is 0 Å². The molecule has 0 aromatic heterocycles. The molecule has 2 aliphatic rings. The summed E-state index contributed by atoms with van der Waals surface area (Å²) in [5, 5.41) is 0. The maximum absolute atomic E-state index is 2.48. The van der Waals surface area contributed by atoms with Crippen LogP contribution >= 0.6 is 0 Å². The van der Waals surface area contributed by atoms with Crippen LogP contribution < -0.4 is 0 Å². The maximum Gasteiger partial charge on any atom is 0.0303 e. The topological polar surface area (TPSA) is 0 Å². The highest BCUT2D eigenvalue weighted by Gasteiger charge is 2.31. The van der Waals surface area contributed by atoms with Gasteiger partial charge >= 0.3 is 0 Å². The molecule has 0 spiro atoms. The summed E-state index contributed by atoms with van der Waals surface area (Å²) in [6.45, 7) is 23.2. The van der Waals surface area contributed by atoms with Crippen molar-refractivity contribution in [1.82, 2.24) is 0 Å². The van der Waals surface area contributed by atoms with Crippen molar-refractivity contribution in [2.75, 3.05) is 0 Å². The number of rotatable bonds is 7. The zero-order valence-electron chi connectivity index (χ0n) is 23.2. The van der Waals surface area contributed by atoms with E-state index < -0.39 is 0 Å². The van der Waals surface area contributed by atoms with Crippen molar-refractivity contribution < 1.29 is 0 Å². The Kier molecular flexibility index (Phi) is 7.01. The van der Waals surface area contributed by atoms with Crippen LogP contribution in [-0.2, 0) is 0 Å². The van der Waals surface area contributed by atoms with Crippen LogP contribution in [0.1, 0.15) is 150 Å². The highest BCUT2D eigenvalue weighted by Crippen LogP contribution is 2.47. The second-order valence-corrected chi connectivity index (χ2v) is 11.9. The van der Waals surface area contributed by atoms with Gasteiger partial charge in [0.1, 0.15) is 0 Å². The van der Waals surface area contributed by atoms with Gasteiger partial charge in [-0.3, -0.25) is 0 Å². The number of hydrogen-bond acceptors (Lipinski definition) is 0. The Labute approximate surface area is 209 Å². The molecule has 0 saturated carbocycles. The number of hydrogen-bond donors (Lipinski definition) is 0. The lowest BCUT2D eigenvalue weighted by Crippen LogP contribution is -2.08. The molecule has 0 saturated heterocycles. The highest BCUT2D eigenvalue weighted by molar-refractivity contribution is 5.78. The van der Waals surface area contributed by atoms with Crippen LogP contribution in [0, 0.1) is 11.8 Å². The Bertz CT molecular complexity index is 1040. The molecule has 0 unspecified atom stereocenters. The normalized spacial score (nSPS) is 16.2. The van der Waals surface area contributed by atoms with E-state index in [1.807, 2.05) is 0 Å². The monoisotopic (exact) mass is 452 g/mol. The molecule has 0 amide bonds. The first kappa shape index (κ1) is 25.0. The summed E-state index contributed by atoms with van der Waals surface area (Å²) in [5.41, 5.74) is 14.8. The predicted octanol–water partition coefficient (Wildman–Crippen LogP) is 10.3. The van der Waals surface area contributed by atoms with Gasteiger partial charge in [0.15, 0.2) is 0 Å². The van der Waals surface area contributed by atoms with Crippen LogP contribution in [0.5, 0.6) is 0 Å². The van der Waals surface area contributed by atoms with Gasteiger partial charge in [-0.25, -0.2) is 0 Å². The van der Waals surface area contributed by atoms with Gasteiger partial charge in [0.05, 0.1) is 0 Å². The summed E-state index contributed by atoms with van der Waals surface area (Å²) in [6, 6.07) is 9.88. The fraction of sp³-hybridized carbons (Fsp3) is 0.471. The molecular weight excluding hydrogens is 408 g/mol. The third kappa shape index (κ3) is 4.46. The molecule has 2 aliphatic carbocycles. The molecule has 0 bridgehead atoms. The molecule has 0 nitrogen and oxygen atoms in total. The van der Waals surface area contributed by atoms with E-state index in [1.54, 1.807) is 11.8 Å². The maximum atomic E-state index is 2.48. The Hall–Kier alpha value is -2.08. The minimum atomic E-state index is 0.543. The first-order chi connectivity index (χ1) is 16.0. The Morgan fingerprint density at radius 2 is 0.853 bits per heavy atom. The van der Waals surface area contributed by atoms with E-state index in [9.17, 15) is 0 Å². The van der Waals surface area contributed by atoms with Crippen molar-refractivity contribution in [3.8, 4) is 0 Å². The van der Waals surface area contributed by atoms with Crippen molar-refractivity contribution in [2.45, 2.75) is 106 Å². The van der Waals surface area contributed by atoms with Crippen molar-refractivity contribution in [3.63, 3.8) is 0 Å². The van der Waals surface area contributed by atoms with Gasteiger partial charge in [0.2, 0.25) is 0 Å². The molecule has 2 aromatic rings. The van der Waals surface area contributed by atoms with Crippen LogP contribution in [0.15, 0.2) is 35.4 Å². The summed E-state index contributed by atoms with van der Waals surface area (Å²) >= 11 is 0. The molecule has 2 aromatic carbocycles. The average Bonchev–Trinajstić information content (AvgIpc) is 3.25. The van der Waals surface area contributed by atoms with Crippen LogP contribution in [0.4, 0.5) is 0 Å². The van der Waals surface area contributed by atoms with Crippen molar-refractivity contribution in [1.29, 1.82) is 0 Å². The van der Waals surface area contributed by atoms with Crippen LogP contribution in [0.25, 0.3) is 12.2 Å². The number of benzene rings is 2. The lowest BCUT2D eigenvalue weighted by atomic mass is 9.81. The second-order valence-electron chi connectivity index (χ2n) is 11.9. The van der Waals surface area contributed by atoms with Gasteiger partial charge in [-0.1, -0.05) is 103 Å². The summed E-state index contributed by atoms with van der Waals surface area (Å²) in [7, 11) is 0. The summed E-state index contributed by atoms with van der Waals surface area (Å²) in [6.07, 6.45) is 7.12. The molecule has 34 heavy (non-hydrogen) atoms. The quantitative estimate of drug-likeness (QED) is 0.392. The zero-order valence-corrected chi connectivity index (χ0v) is 23.2. The number of allylic oxidation sites excluding steroid dienone is 2. The van der Waals surface area contributed by atoms with E-state index >= 15 is 0 Å². The fourth-order valence-electron chi connectivity index (χ4n) is 5.79. The number of fused-ring (bicyclic) bond motifs is 2. The van der Waals surface area contributed by atoms with E-state index in [2.05, 4.69) is 106 Å². The molecule has 0 atom stereocenters.